The van der Waals surface area contributed by atoms with Crippen LogP contribution in [0.2, 0.25) is 0 Å². The molecule has 0 aromatic heterocycles. The SMILES string of the molecule is [C-]#[N+]c1ccc2c(c1)CN(C(=O)C=C)C[C@@H]2c1ccccc1.[C-]#[N+]c1ccc2c(c1)CN(C(=O)C=C)C[C@H]2c1ccccc1. The molecule has 6 rings (SSSR count). The molecule has 4 aromatic rings. The first-order valence-electron chi connectivity index (χ1n) is 14.4. The minimum atomic E-state index is -0.0696. The average Bonchev–Trinajstić information content (AvgIpc) is 3.10. The number of benzene rings is 4. The van der Waals surface area contributed by atoms with E-state index >= 15 is 0 Å². The van der Waals surface area contributed by atoms with Gasteiger partial charge in [-0.3, -0.25) is 9.59 Å². The molecule has 44 heavy (non-hydrogen) atoms. The Morgan fingerprint density at radius 2 is 1.02 bits per heavy atom. The molecule has 2 amide bonds. The second-order valence-corrected chi connectivity index (χ2v) is 10.8. The highest BCUT2D eigenvalue weighted by Gasteiger charge is 2.29. The Hall–Kier alpha value is -5.72. The molecule has 0 aliphatic carbocycles. The summed E-state index contributed by atoms with van der Waals surface area (Å²) in [6, 6.07) is 31.9. The second-order valence-electron chi connectivity index (χ2n) is 10.8. The van der Waals surface area contributed by atoms with Crippen LogP contribution >= 0.6 is 0 Å². The Balaban J connectivity index is 0.000000175. The van der Waals surface area contributed by atoms with Crippen molar-refractivity contribution >= 4 is 23.2 Å². The van der Waals surface area contributed by atoms with Gasteiger partial charge in [-0.25, -0.2) is 9.69 Å². The molecule has 0 radical (unpaired) electrons. The maximum Gasteiger partial charge on any atom is 0.246 e. The lowest BCUT2D eigenvalue weighted by molar-refractivity contribution is -0.127. The normalized spacial score (nSPS) is 16.5. The van der Waals surface area contributed by atoms with Crippen LogP contribution in [0.1, 0.15) is 45.2 Å². The van der Waals surface area contributed by atoms with Gasteiger partial charge in [-0.2, -0.15) is 0 Å². The summed E-state index contributed by atoms with van der Waals surface area (Å²) in [6.07, 6.45) is 2.71. The first kappa shape index (κ1) is 29.8. The first-order valence-corrected chi connectivity index (χ1v) is 14.4. The Labute approximate surface area is 258 Å². The number of rotatable bonds is 4. The van der Waals surface area contributed by atoms with Gasteiger partial charge in [0, 0.05) is 38.0 Å². The molecule has 2 aliphatic heterocycles. The molecular formula is C38H32N4O2. The highest BCUT2D eigenvalue weighted by Crippen LogP contribution is 2.37. The summed E-state index contributed by atoms with van der Waals surface area (Å²) in [7, 11) is 0. The van der Waals surface area contributed by atoms with Crippen molar-refractivity contribution in [3.05, 3.63) is 179 Å². The van der Waals surface area contributed by atoms with Crippen molar-refractivity contribution in [1.82, 2.24) is 9.80 Å². The maximum atomic E-state index is 12.1. The molecule has 2 aliphatic rings. The number of hydrogen-bond acceptors (Lipinski definition) is 2. The van der Waals surface area contributed by atoms with Crippen molar-refractivity contribution in [2.24, 2.45) is 0 Å². The molecule has 0 unspecified atom stereocenters. The first-order chi connectivity index (χ1) is 21.4. The molecule has 2 heterocycles. The van der Waals surface area contributed by atoms with Gasteiger partial charge in [0.2, 0.25) is 11.8 Å². The molecule has 4 aromatic carbocycles. The summed E-state index contributed by atoms with van der Waals surface area (Å²) < 4.78 is 0. The van der Waals surface area contributed by atoms with Crippen LogP contribution in [0.3, 0.4) is 0 Å². The number of hydrogen-bond donors (Lipinski definition) is 0. The zero-order valence-corrected chi connectivity index (χ0v) is 24.4. The van der Waals surface area contributed by atoms with E-state index in [4.69, 9.17) is 13.1 Å². The third kappa shape index (κ3) is 6.36. The molecule has 0 fully saturated rings. The van der Waals surface area contributed by atoms with Crippen molar-refractivity contribution in [1.29, 1.82) is 0 Å². The molecule has 0 bridgehead atoms. The summed E-state index contributed by atoms with van der Waals surface area (Å²) in [5.41, 5.74) is 8.07. The maximum absolute atomic E-state index is 12.1. The van der Waals surface area contributed by atoms with E-state index in [2.05, 4.69) is 47.1 Å². The lowest BCUT2D eigenvalue weighted by atomic mass is 9.84. The van der Waals surface area contributed by atoms with E-state index in [0.717, 1.165) is 11.1 Å². The van der Waals surface area contributed by atoms with E-state index in [9.17, 15) is 9.59 Å². The number of amides is 2. The van der Waals surface area contributed by atoms with Gasteiger partial charge < -0.3 is 9.80 Å². The van der Waals surface area contributed by atoms with Crippen LogP contribution in [0.25, 0.3) is 9.69 Å². The summed E-state index contributed by atoms with van der Waals surface area (Å²) in [5.74, 6) is 0.127. The van der Waals surface area contributed by atoms with Gasteiger partial charge in [0.25, 0.3) is 0 Å². The highest BCUT2D eigenvalue weighted by atomic mass is 16.2. The van der Waals surface area contributed by atoms with Gasteiger partial charge >= 0.3 is 0 Å². The Kier molecular flexibility index (Phi) is 9.13. The molecular weight excluding hydrogens is 544 g/mol. The fourth-order valence-corrected chi connectivity index (χ4v) is 5.99. The Bertz CT molecular complexity index is 1650. The van der Waals surface area contributed by atoms with Gasteiger partial charge in [-0.1, -0.05) is 110 Å². The van der Waals surface area contributed by atoms with Crippen LogP contribution < -0.4 is 0 Å². The zero-order chi connectivity index (χ0) is 31.1. The quantitative estimate of drug-likeness (QED) is 0.184. The fraction of sp³-hybridized carbons (Fsp3) is 0.158. The number of carbonyl (C=O) groups is 2. The predicted octanol–water partition coefficient (Wildman–Crippen LogP) is 7.79. The minimum Gasteiger partial charge on any atom is -0.334 e. The van der Waals surface area contributed by atoms with Crippen LogP contribution in [0.5, 0.6) is 0 Å². The predicted molar refractivity (Wildman–Crippen MR) is 173 cm³/mol. The zero-order valence-electron chi connectivity index (χ0n) is 24.4. The summed E-state index contributed by atoms with van der Waals surface area (Å²) in [6.45, 7) is 23.9. The molecule has 6 heteroatoms. The summed E-state index contributed by atoms with van der Waals surface area (Å²) >= 11 is 0. The van der Waals surface area contributed by atoms with Crippen LogP contribution in [0, 0.1) is 13.1 Å². The smallest absolute Gasteiger partial charge is 0.246 e. The number of fused-ring (bicyclic) bond motifs is 2. The average molecular weight is 577 g/mol. The Morgan fingerprint density at radius 3 is 1.36 bits per heavy atom. The van der Waals surface area contributed by atoms with Gasteiger partial charge in [0.15, 0.2) is 11.4 Å². The number of carbonyl (C=O) groups excluding carboxylic acids is 2. The topological polar surface area (TPSA) is 49.3 Å². The van der Waals surface area contributed by atoms with E-state index < -0.39 is 0 Å². The Morgan fingerprint density at radius 1 is 0.636 bits per heavy atom. The largest absolute Gasteiger partial charge is 0.334 e. The van der Waals surface area contributed by atoms with Crippen LogP contribution in [0.15, 0.2) is 122 Å². The molecule has 0 saturated carbocycles. The molecule has 2 atom stereocenters. The molecule has 0 saturated heterocycles. The van der Waals surface area contributed by atoms with E-state index in [1.165, 1.54) is 34.4 Å². The summed E-state index contributed by atoms with van der Waals surface area (Å²) in [5, 5.41) is 0. The van der Waals surface area contributed by atoms with E-state index in [-0.39, 0.29) is 23.7 Å². The van der Waals surface area contributed by atoms with E-state index in [0.29, 0.717) is 37.6 Å². The third-order valence-corrected chi connectivity index (χ3v) is 8.17. The molecule has 0 N–H and O–H groups in total. The lowest BCUT2D eigenvalue weighted by Gasteiger charge is -2.34. The summed E-state index contributed by atoms with van der Waals surface area (Å²) in [4.78, 5) is 34.7. The van der Waals surface area contributed by atoms with E-state index in [1.807, 2.05) is 72.8 Å². The van der Waals surface area contributed by atoms with Gasteiger partial charge in [0.05, 0.1) is 13.1 Å². The van der Waals surface area contributed by atoms with Crippen molar-refractivity contribution in [3.63, 3.8) is 0 Å². The monoisotopic (exact) mass is 576 g/mol. The van der Waals surface area contributed by atoms with E-state index in [1.54, 1.807) is 9.80 Å². The van der Waals surface area contributed by atoms with Crippen molar-refractivity contribution in [3.8, 4) is 0 Å². The third-order valence-electron chi connectivity index (χ3n) is 8.17. The second kappa shape index (κ2) is 13.5. The van der Waals surface area contributed by atoms with Crippen LogP contribution in [-0.4, -0.2) is 34.7 Å². The highest BCUT2D eigenvalue weighted by molar-refractivity contribution is 5.88. The van der Waals surface area contributed by atoms with Gasteiger partial charge in [0.1, 0.15) is 0 Å². The molecule has 216 valence electrons. The van der Waals surface area contributed by atoms with Gasteiger partial charge in [-0.05, 0) is 45.5 Å². The van der Waals surface area contributed by atoms with Crippen molar-refractivity contribution < 1.29 is 9.59 Å². The minimum absolute atomic E-state index is 0.0696. The van der Waals surface area contributed by atoms with Crippen molar-refractivity contribution in [2.45, 2.75) is 24.9 Å². The van der Waals surface area contributed by atoms with Gasteiger partial charge in [-0.15, -0.1) is 0 Å². The van der Waals surface area contributed by atoms with Crippen molar-refractivity contribution in [2.75, 3.05) is 13.1 Å². The fourth-order valence-electron chi connectivity index (χ4n) is 5.99. The number of nitrogens with zero attached hydrogens (tertiary/aromatic N) is 4. The molecule has 0 spiro atoms. The molecule has 6 nitrogen and oxygen atoms in total. The van der Waals surface area contributed by atoms with Crippen LogP contribution in [0.4, 0.5) is 11.4 Å². The van der Waals surface area contributed by atoms with Crippen LogP contribution in [-0.2, 0) is 22.7 Å². The standard InChI is InChI=1S/2C19H16N2O/c2*1-3-19(22)21-12-15-11-16(20-2)9-10-17(15)18(13-21)14-7-5-4-6-8-14/h2*3-11,18H,1,12-13H2/t2*18-/m10/s1. The lowest BCUT2D eigenvalue weighted by Crippen LogP contribution is -2.37.